The number of hydrogen-bond acceptors (Lipinski definition) is 4. The third-order valence-corrected chi connectivity index (χ3v) is 3.31. The number of morpholine rings is 1. The van der Waals surface area contributed by atoms with E-state index in [0.717, 1.165) is 11.3 Å². The van der Waals surface area contributed by atoms with E-state index in [4.69, 9.17) is 9.47 Å². The molecule has 1 N–H and O–H groups in total. The number of hydrogen-bond donors (Lipinski definition) is 1. The lowest BCUT2D eigenvalue weighted by atomic mass is 10.2. The maximum Gasteiger partial charge on any atom is 0.275 e. The van der Waals surface area contributed by atoms with Crippen LogP contribution in [0, 0.1) is 6.92 Å². The molecular weight excluding hydrogens is 256 g/mol. The summed E-state index contributed by atoms with van der Waals surface area (Å²) < 4.78 is 11.1. The van der Waals surface area contributed by atoms with E-state index in [1.807, 2.05) is 43.1 Å². The van der Waals surface area contributed by atoms with Gasteiger partial charge in [0.1, 0.15) is 5.75 Å². The van der Waals surface area contributed by atoms with Crippen LogP contribution >= 0.6 is 0 Å². The molecule has 2 rings (SSSR count). The van der Waals surface area contributed by atoms with E-state index in [0.29, 0.717) is 32.7 Å². The number of benzene rings is 1. The Morgan fingerprint density at radius 2 is 2.10 bits per heavy atom. The topological polar surface area (TPSA) is 50.8 Å². The van der Waals surface area contributed by atoms with Gasteiger partial charge in [-0.2, -0.15) is 0 Å². The Labute approximate surface area is 119 Å². The first-order valence-corrected chi connectivity index (χ1v) is 7.06. The summed E-state index contributed by atoms with van der Waals surface area (Å²) in [6.07, 6.45) is 0.156. The van der Waals surface area contributed by atoms with Gasteiger partial charge in [0.05, 0.1) is 13.2 Å². The second kappa shape index (κ2) is 7.26. The fraction of sp³-hybridized carbons (Fsp3) is 0.533. The molecule has 1 aromatic rings. The van der Waals surface area contributed by atoms with Gasteiger partial charge >= 0.3 is 0 Å². The standard InChI is InChI=1S/C15H22N2O3/c1-3-13(20-14-7-5-4-6-12(14)2)15(18)16-17-8-10-19-11-9-17/h4-7,13H,3,8-11H2,1-2H3,(H,16,18)/t13-/m1/s1. The number of amides is 1. The Kier molecular flexibility index (Phi) is 5.38. The number of para-hydroxylation sites is 1. The summed E-state index contributed by atoms with van der Waals surface area (Å²) >= 11 is 0. The molecule has 1 aliphatic heterocycles. The van der Waals surface area contributed by atoms with Crippen molar-refractivity contribution < 1.29 is 14.3 Å². The molecule has 0 aliphatic carbocycles. The molecule has 0 aromatic heterocycles. The van der Waals surface area contributed by atoms with Crippen molar-refractivity contribution in [1.29, 1.82) is 0 Å². The van der Waals surface area contributed by atoms with Crippen molar-refractivity contribution >= 4 is 5.91 Å². The predicted molar refractivity (Wildman–Crippen MR) is 76.4 cm³/mol. The van der Waals surface area contributed by atoms with E-state index in [1.165, 1.54) is 0 Å². The highest BCUT2D eigenvalue weighted by atomic mass is 16.5. The van der Waals surface area contributed by atoms with Crippen LogP contribution in [-0.4, -0.2) is 43.3 Å². The SMILES string of the molecule is CC[C@@H](Oc1ccccc1C)C(=O)NN1CCOCC1. The Morgan fingerprint density at radius 1 is 1.40 bits per heavy atom. The lowest BCUT2D eigenvalue weighted by Crippen LogP contribution is -2.52. The van der Waals surface area contributed by atoms with Crippen LogP contribution in [0.5, 0.6) is 5.75 Å². The Hall–Kier alpha value is -1.59. The molecule has 0 radical (unpaired) electrons. The van der Waals surface area contributed by atoms with Gasteiger partial charge in [-0.15, -0.1) is 0 Å². The molecule has 1 saturated heterocycles. The number of hydrazine groups is 1. The molecule has 0 unspecified atom stereocenters. The number of carbonyl (C=O) groups excluding carboxylic acids is 1. The van der Waals surface area contributed by atoms with E-state index in [-0.39, 0.29) is 5.91 Å². The molecule has 5 nitrogen and oxygen atoms in total. The second-order valence-corrected chi connectivity index (χ2v) is 4.86. The minimum Gasteiger partial charge on any atom is -0.480 e. The fourth-order valence-corrected chi connectivity index (χ4v) is 2.07. The number of nitrogens with zero attached hydrogens (tertiary/aromatic N) is 1. The average Bonchev–Trinajstić information content (AvgIpc) is 2.47. The van der Waals surface area contributed by atoms with Gasteiger partial charge in [-0.3, -0.25) is 10.2 Å². The normalized spacial score (nSPS) is 17.5. The molecular formula is C15H22N2O3. The molecule has 1 heterocycles. The first-order chi connectivity index (χ1) is 9.70. The maximum atomic E-state index is 12.2. The first kappa shape index (κ1) is 14.8. The summed E-state index contributed by atoms with van der Waals surface area (Å²) in [7, 11) is 0. The number of aryl methyl sites for hydroxylation is 1. The Morgan fingerprint density at radius 3 is 2.75 bits per heavy atom. The summed E-state index contributed by atoms with van der Waals surface area (Å²) in [5.41, 5.74) is 3.93. The van der Waals surface area contributed by atoms with Gasteiger partial charge in [-0.05, 0) is 25.0 Å². The molecule has 1 aromatic carbocycles. The van der Waals surface area contributed by atoms with Gasteiger partial charge in [0.15, 0.2) is 6.10 Å². The van der Waals surface area contributed by atoms with Gasteiger partial charge in [0.25, 0.3) is 5.91 Å². The smallest absolute Gasteiger partial charge is 0.275 e. The van der Waals surface area contributed by atoms with Crippen LogP contribution in [-0.2, 0) is 9.53 Å². The van der Waals surface area contributed by atoms with Crippen molar-refractivity contribution in [3.05, 3.63) is 29.8 Å². The van der Waals surface area contributed by atoms with Crippen LogP contribution in [0.4, 0.5) is 0 Å². The summed E-state index contributed by atoms with van der Waals surface area (Å²) in [6, 6.07) is 7.73. The van der Waals surface area contributed by atoms with Crippen LogP contribution in [0.15, 0.2) is 24.3 Å². The second-order valence-electron chi connectivity index (χ2n) is 4.86. The van der Waals surface area contributed by atoms with Crippen molar-refractivity contribution in [1.82, 2.24) is 10.4 Å². The zero-order valence-corrected chi connectivity index (χ0v) is 12.1. The Bertz CT molecular complexity index is 444. The predicted octanol–water partition coefficient (Wildman–Crippen LogP) is 1.52. The molecule has 110 valence electrons. The van der Waals surface area contributed by atoms with E-state index in [2.05, 4.69) is 5.43 Å². The quantitative estimate of drug-likeness (QED) is 0.887. The monoisotopic (exact) mass is 278 g/mol. The maximum absolute atomic E-state index is 12.2. The minimum absolute atomic E-state index is 0.0994. The third-order valence-electron chi connectivity index (χ3n) is 3.31. The van der Waals surface area contributed by atoms with Crippen LogP contribution in [0.25, 0.3) is 0 Å². The largest absolute Gasteiger partial charge is 0.480 e. The molecule has 1 fully saturated rings. The minimum atomic E-state index is -0.473. The molecule has 1 amide bonds. The van der Waals surface area contributed by atoms with Crippen molar-refractivity contribution in [3.63, 3.8) is 0 Å². The van der Waals surface area contributed by atoms with Crippen molar-refractivity contribution in [2.24, 2.45) is 0 Å². The molecule has 0 saturated carbocycles. The van der Waals surface area contributed by atoms with E-state index >= 15 is 0 Å². The molecule has 1 aliphatic rings. The molecule has 0 bridgehead atoms. The van der Waals surface area contributed by atoms with Gasteiger partial charge < -0.3 is 9.47 Å². The van der Waals surface area contributed by atoms with Crippen molar-refractivity contribution in [2.75, 3.05) is 26.3 Å². The van der Waals surface area contributed by atoms with Crippen LogP contribution in [0.1, 0.15) is 18.9 Å². The third kappa shape index (κ3) is 3.95. The number of carbonyl (C=O) groups is 1. The van der Waals surface area contributed by atoms with Crippen molar-refractivity contribution in [3.8, 4) is 5.75 Å². The van der Waals surface area contributed by atoms with Gasteiger partial charge in [0, 0.05) is 13.1 Å². The zero-order valence-electron chi connectivity index (χ0n) is 12.1. The van der Waals surface area contributed by atoms with Crippen LogP contribution in [0.3, 0.4) is 0 Å². The fourth-order valence-electron chi connectivity index (χ4n) is 2.07. The van der Waals surface area contributed by atoms with E-state index in [1.54, 1.807) is 0 Å². The van der Waals surface area contributed by atoms with Crippen LogP contribution < -0.4 is 10.2 Å². The van der Waals surface area contributed by atoms with Gasteiger partial charge in [-0.25, -0.2) is 5.01 Å². The highest BCUT2D eigenvalue weighted by molar-refractivity contribution is 5.80. The molecule has 1 atom stereocenters. The summed E-state index contributed by atoms with van der Waals surface area (Å²) in [6.45, 7) is 6.65. The summed E-state index contributed by atoms with van der Waals surface area (Å²) in [5.74, 6) is 0.661. The average molecular weight is 278 g/mol. The summed E-state index contributed by atoms with van der Waals surface area (Å²) in [4.78, 5) is 12.2. The lowest BCUT2D eigenvalue weighted by molar-refractivity contribution is -0.135. The highest BCUT2D eigenvalue weighted by Crippen LogP contribution is 2.18. The Balaban J connectivity index is 1.93. The number of nitrogens with one attached hydrogen (secondary N) is 1. The number of ether oxygens (including phenoxy) is 2. The van der Waals surface area contributed by atoms with Gasteiger partial charge in [-0.1, -0.05) is 25.1 Å². The van der Waals surface area contributed by atoms with Crippen LogP contribution in [0.2, 0.25) is 0 Å². The van der Waals surface area contributed by atoms with Crippen molar-refractivity contribution in [2.45, 2.75) is 26.4 Å². The van der Waals surface area contributed by atoms with E-state index < -0.39 is 6.10 Å². The molecule has 0 spiro atoms. The summed E-state index contributed by atoms with van der Waals surface area (Å²) in [5, 5.41) is 1.88. The lowest BCUT2D eigenvalue weighted by Gasteiger charge is -2.28. The zero-order chi connectivity index (χ0) is 14.4. The number of rotatable bonds is 5. The van der Waals surface area contributed by atoms with E-state index in [9.17, 15) is 4.79 Å². The molecule has 5 heteroatoms. The van der Waals surface area contributed by atoms with Gasteiger partial charge in [0.2, 0.25) is 0 Å². The first-order valence-electron chi connectivity index (χ1n) is 7.06. The highest BCUT2D eigenvalue weighted by Gasteiger charge is 2.22. The molecule has 20 heavy (non-hydrogen) atoms.